The molecule has 5 N–H and O–H groups in total. The molecule has 2 atom stereocenters. The summed E-state index contributed by atoms with van der Waals surface area (Å²) in [6.07, 6.45) is 2.79. The molecule has 0 amide bonds. The first-order chi connectivity index (χ1) is 15.5. The van der Waals surface area contributed by atoms with E-state index in [9.17, 15) is 19.0 Å². The minimum absolute atomic E-state index is 0.0155. The zero-order valence-electron chi connectivity index (χ0n) is 20.0. The molecule has 0 radical (unpaired) electrons. The number of nitrogens with one attached hydrogen (secondary N) is 1. The molecule has 0 aliphatic heterocycles. The van der Waals surface area contributed by atoms with E-state index in [-0.39, 0.29) is 30.5 Å². The summed E-state index contributed by atoms with van der Waals surface area (Å²) in [5.74, 6) is -1.01. The summed E-state index contributed by atoms with van der Waals surface area (Å²) in [6.45, 7) is 7.02. The van der Waals surface area contributed by atoms with Crippen LogP contribution >= 0.6 is 0 Å². The lowest BCUT2D eigenvalue weighted by Crippen LogP contribution is -2.52. The number of hydrogen-bond donors (Lipinski definition) is 4. The third kappa shape index (κ3) is 6.60. The van der Waals surface area contributed by atoms with Crippen molar-refractivity contribution in [2.45, 2.75) is 76.0 Å². The Morgan fingerprint density at radius 3 is 2.30 bits per heavy atom. The molecule has 1 fully saturated rings. The van der Waals surface area contributed by atoms with Crippen molar-refractivity contribution < 1.29 is 19.0 Å². The number of aliphatic hydroxyl groups is 2. The Morgan fingerprint density at radius 1 is 1.09 bits per heavy atom. The molecule has 2 aromatic carbocycles. The average molecular weight is 461 g/mol. The Bertz CT molecular complexity index is 900. The van der Waals surface area contributed by atoms with Gasteiger partial charge in [0, 0.05) is 30.8 Å². The molecule has 33 heavy (non-hydrogen) atoms. The van der Waals surface area contributed by atoms with E-state index >= 15 is 0 Å². The molecular formula is C27H38F2N2O2. The monoisotopic (exact) mass is 460 g/mol. The lowest BCUT2D eigenvalue weighted by atomic mass is 9.71. The van der Waals surface area contributed by atoms with Crippen LogP contribution in [0, 0.1) is 17.6 Å². The third-order valence-corrected chi connectivity index (χ3v) is 7.04. The molecule has 1 aliphatic carbocycles. The molecule has 1 saturated carbocycles. The van der Waals surface area contributed by atoms with Crippen LogP contribution in [0.1, 0.15) is 63.1 Å². The Kier molecular flexibility index (Phi) is 8.27. The highest BCUT2D eigenvalue weighted by molar-refractivity contribution is 5.34. The molecule has 1 aliphatic rings. The van der Waals surface area contributed by atoms with E-state index in [4.69, 9.17) is 5.73 Å². The van der Waals surface area contributed by atoms with Crippen molar-refractivity contribution in [3.63, 3.8) is 0 Å². The number of nitrogens with two attached hydrogens (primary N) is 1. The van der Waals surface area contributed by atoms with Gasteiger partial charge in [-0.2, -0.15) is 0 Å². The van der Waals surface area contributed by atoms with Gasteiger partial charge in [0.15, 0.2) is 0 Å². The van der Waals surface area contributed by atoms with Crippen LogP contribution in [0.5, 0.6) is 0 Å². The summed E-state index contributed by atoms with van der Waals surface area (Å²) in [4.78, 5) is 0. The van der Waals surface area contributed by atoms with Crippen molar-refractivity contribution in [3.05, 3.63) is 70.8 Å². The van der Waals surface area contributed by atoms with E-state index in [0.717, 1.165) is 31.7 Å². The fourth-order valence-corrected chi connectivity index (χ4v) is 4.79. The zero-order valence-corrected chi connectivity index (χ0v) is 20.0. The molecule has 0 aromatic heterocycles. The van der Waals surface area contributed by atoms with Gasteiger partial charge >= 0.3 is 0 Å². The number of halogens is 2. The highest BCUT2D eigenvalue weighted by Crippen LogP contribution is 2.40. The van der Waals surface area contributed by atoms with Crippen LogP contribution < -0.4 is 11.1 Å². The molecule has 2 aromatic rings. The third-order valence-electron chi connectivity index (χ3n) is 7.04. The van der Waals surface area contributed by atoms with Crippen LogP contribution in [0.15, 0.2) is 42.5 Å². The second-order valence-corrected chi connectivity index (χ2v) is 10.6. The Hall–Kier alpha value is -1.86. The summed E-state index contributed by atoms with van der Waals surface area (Å²) >= 11 is 0. The zero-order chi connectivity index (χ0) is 24.2. The van der Waals surface area contributed by atoms with E-state index in [0.29, 0.717) is 11.5 Å². The van der Waals surface area contributed by atoms with Gasteiger partial charge in [-0.25, -0.2) is 8.78 Å². The van der Waals surface area contributed by atoms with Crippen LogP contribution in [-0.2, 0) is 17.4 Å². The molecular weight excluding hydrogens is 422 g/mol. The van der Waals surface area contributed by atoms with Gasteiger partial charge in [0.2, 0.25) is 0 Å². The van der Waals surface area contributed by atoms with Crippen LogP contribution in [0.3, 0.4) is 0 Å². The summed E-state index contributed by atoms with van der Waals surface area (Å²) in [6, 6.07) is 11.3. The maximum Gasteiger partial charge on any atom is 0.126 e. The maximum atomic E-state index is 13.5. The standard InChI is InChI=1S/C27H38F2N2O2/c1-26(2,3)20-5-4-6-21(14-20)27(9-7-18(17-32)8-10-27)31-16-25(33)24(30)13-19-11-22(28)15-23(29)12-19/h4-6,11-12,14-15,18,24-25,31-33H,7-10,13,16-17,30H2,1-3H3. The molecule has 0 bridgehead atoms. The lowest BCUT2D eigenvalue weighted by Gasteiger charge is -2.42. The van der Waals surface area contributed by atoms with Gasteiger partial charge < -0.3 is 21.3 Å². The highest BCUT2D eigenvalue weighted by Gasteiger charge is 2.37. The minimum atomic E-state index is -0.880. The predicted octanol–water partition coefficient (Wildman–Crippen LogP) is 4.16. The smallest absolute Gasteiger partial charge is 0.126 e. The van der Waals surface area contributed by atoms with Crippen molar-refractivity contribution in [2.75, 3.05) is 13.2 Å². The van der Waals surface area contributed by atoms with Crippen LogP contribution in [-0.4, -0.2) is 35.5 Å². The van der Waals surface area contributed by atoms with Gasteiger partial charge in [-0.15, -0.1) is 0 Å². The second-order valence-electron chi connectivity index (χ2n) is 10.6. The Labute approximate surface area is 196 Å². The summed E-state index contributed by atoms with van der Waals surface area (Å²) in [5.41, 5.74) is 8.75. The second kappa shape index (κ2) is 10.6. The van der Waals surface area contributed by atoms with Crippen molar-refractivity contribution in [1.82, 2.24) is 5.32 Å². The Morgan fingerprint density at radius 2 is 1.73 bits per heavy atom. The maximum absolute atomic E-state index is 13.5. The van der Waals surface area contributed by atoms with Crippen LogP contribution in [0.4, 0.5) is 8.78 Å². The summed E-state index contributed by atoms with van der Waals surface area (Å²) < 4.78 is 27.0. The number of benzene rings is 2. The number of rotatable bonds is 8. The average Bonchev–Trinajstić information content (AvgIpc) is 2.76. The fraction of sp³-hybridized carbons (Fsp3) is 0.556. The van der Waals surface area contributed by atoms with E-state index in [1.165, 1.54) is 23.3 Å². The van der Waals surface area contributed by atoms with Crippen molar-refractivity contribution in [2.24, 2.45) is 11.7 Å². The predicted molar refractivity (Wildman–Crippen MR) is 128 cm³/mol. The van der Waals surface area contributed by atoms with Gasteiger partial charge in [0.25, 0.3) is 0 Å². The van der Waals surface area contributed by atoms with Gasteiger partial charge in [0.05, 0.1) is 6.10 Å². The van der Waals surface area contributed by atoms with Gasteiger partial charge in [0.1, 0.15) is 11.6 Å². The van der Waals surface area contributed by atoms with Crippen molar-refractivity contribution in [3.8, 4) is 0 Å². The van der Waals surface area contributed by atoms with E-state index in [2.05, 4.69) is 50.4 Å². The topological polar surface area (TPSA) is 78.5 Å². The molecule has 0 heterocycles. The van der Waals surface area contributed by atoms with Crippen LogP contribution in [0.25, 0.3) is 0 Å². The lowest BCUT2D eigenvalue weighted by molar-refractivity contribution is 0.0971. The molecule has 0 saturated heterocycles. The van der Waals surface area contributed by atoms with Crippen molar-refractivity contribution in [1.29, 1.82) is 0 Å². The largest absolute Gasteiger partial charge is 0.396 e. The Balaban J connectivity index is 1.75. The number of aliphatic hydroxyl groups excluding tert-OH is 2. The first kappa shape index (κ1) is 25.8. The molecule has 4 nitrogen and oxygen atoms in total. The van der Waals surface area contributed by atoms with Gasteiger partial charge in [-0.1, -0.05) is 45.0 Å². The van der Waals surface area contributed by atoms with E-state index in [1.54, 1.807) is 0 Å². The fourth-order valence-electron chi connectivity index (χ4n) is 4.79. The SMILES string of the molecule is CC(C)(C)c1cccc(C2(NCC(O)C(N)Cc3cc(F)cc(F)c3)CCC(CO)CC2)c1. The normalized spacial score (nSPS) is 23.3. The summed E-state index contributed by atoms with van der Waals surface area (Å²) in [5, 5.41) is 24.0. The molecule has 6 heteroatoms. The first-order valence-electron chi connectivity index (χ1n) is 11.9. The molecule has 0 spiro atoms. The quantitative estimate of drug-likeness (QED) is 0.477. The molecule has 2 unspecified atom stereocenters. The minimum Gasteiger partial charge on any atom is -0.396 e. The summed E-state index contributed by atoms with van der Waals surface area (Å²) in [7, 11) is 0. The number of hydrogen-bond acceptors (Lipinski definition) is 4. The highest BCUT2D eigenvalue weighted by atomic mass is 19.1. The van der Waals surface area contributed by atoms with Crippen molar-refractivity contribution >= 4 is 0 Å². The van der Waals surface area contributed by atoms with Gasteiger partial charge in [-0.05, 0) is 72.3 Å². The molecule has 182 valence electrons. The van der Waals surface area contributed by atoms with E-state index in [1.807, 2.05) is 0 Å². The first-order valence-corrected chi connectivity index (χ1v) is 11.9. The van der Waals surface area contributed by atoms with Crippen LogP contribution in [0.2, 0.25) is 0 Å². The van der Waals surface area contributed by atoms with Gasteiger partial charge in [-0.3, -0.25) is 0 Å². The molecule has 3 rings (SSSR count). The van der Waals surface area contributed by atoms with E-state index < -0.39 is 23.8 Å².